The number of hydrogen-bond donors (Lipinski definition) is 3. The highest BCUT2D eigenvalue weighted by molar-refractivity contribution is 7.91. The van der Waals surface area contributed by atoms with E-state index >= 15 is 0 Å². The number of aromatic nitrogens is 1. The Morgan fingerprint density at radius 1 is 0.982 bits per heavy atom. The Balaban J connectivity index is 1.15. The van der Waals surface area contributed by atoms with Gasteiger partial charge in [0.25, 0.3) is 11.5 Å². The summed E-state index contributed by atoms with van der Waals surface area (Å²) in [6.45, 7) is 3.89. The van der Waals surface area contributed by atoms with E-state index in [0.717, 1.165) is 25.7 Å². The quantitative estimate of drug-likeness (QED) is 0.349. The fourth-order valence-electron chi connectivity index (χ4n) is 9.34. The number of halogens is 1. The van der Waals surface area contributed by atoms with Crippen LogP contribution in [-0.4, -0.2) is 83.3 Å². The van der Waals surface area contributed by atoms with Crippen LogP contribution in [0, 0.1) is 23.6 Å². The molecule has 57 heavy (non-hydrogen) atoms. The highest BCUT2D eigenvalue weighted by Crippen LogP contribution is 2.46. The number of alkyl carbamates (subject to hydrolysis) is 1. The van der Waals surface area contributed by atoms with Crippen LogP contribution in [-0.2, 0) is 35.7 Å². The van der Waals surface area contributed by atoms with E-state index in [2.05, 4.69) is 21.9 Å². The molecule has 0 unspecified atom stereocenters. The maximum Gasteiger partial charge on any atom is 0.408 e. The van der Waals surface area contributed by atoms with Crippen LogP contribution >= 0.6 is 0 Å². The van der Waals surface area contributed by atoms with Gasteiger partial charge in [-0.15, -0.1) is 6.58 Å². The minimum Gasteiger partial charge on any atom is -0.473 e. The lowest BCUT2D eigenvalue weighted by molar-refractivity contribution is -0.142. The third-order valence-electron chi connectivity index (χ3n) is 12.8. The predicted octanol–water partition coefficient (Wildman–Crippen LogP) is 3.96. The third-order valence-corrected chi connectivity index (χ3v) is 14.6. The van der Waals surface area contributed by atoms with Gasteiger partial charge in [-0.1, -0.05) is 37.1 Å². The molecule has 1 aromatic heterocycles. The maximum atomic E-state index is 14.8. The second-order valence-corrected chi connectivity index (χ2v) is 18.6. The number of nitrogens with zero attached hydrogens (tertiary/aromatic N) is 2. The van der Waals surface area contributed by atoms with E-state index in [-0.39, 0.29) is 55.1 Å². The normalized spacial score (nSPS) is 30.9. The average molecular weight is 808 g/mol. The maximum absolute atomic E-state index is 14.8. The van der Waals surface area contributed by atoms with Crippen LogP contribution in [0.15, 0.2) is 53.9 Å². The summed E-state index contributed by atoms with van der Waals surface area (Å²) in [6.07, 6.45) is 11.2. The van der Waals surface area contributed by atoms with E-state index in [1.54, 1.807) is 6.07 Å². The number of benzene rings is 1. The summed E-state index contributed by atoms with van der Waals surface area (Å²) in [6, 6.07) is 3.39. The predicted molar refractivity (Wildman–Crippen MR) is 207 cm³/mol. The van der Waals surface area contributed by atoms with Crippen molar-refractivity contribution >= 4 is 44.6 Å². The lowest BCUT2D eigenvalue weighted by atomic mass is 9.96. The van der Waals surface area contributed by atoms with Crippen LogP contribution in [0.4, 0.5) is 9.18 Å². The lowest BCUT2D eigenvalue weighted by Crippen LogP contribution is -2.59. The number of carbonyl (C=O) groups excluding carboxylic acids is 4. The molecule has 3 heterocycles. The molecule has 8 rings (SSSR count). The molecule has 1 saturated heterocycles. The summed E-state index contributed by atoms with van der Waals surface area (Å²) in [4.78, 5) is 71.7. The Kier molecular flexibility index (Phi) is 10.7. The molecule has 2 bridgehead atoms. The van der Waals surface area contributed by atoms with Crippen molar-refractivity contribution in [1.29, 1.82) is 0 Å². The van der Waals surface area contributed by atoms with Crippen LogP contribution in [0.25, 0.3) is 10.8 Å². The number of amides is 4. The summed E-state index contributed by atoms with van der Waals surface area (Å²) in [5.41, 5.74) is -2.04. The highest BCUT2D eigenvalue weighted by atomic mass is 32.2. The van der Waals surface area contributed by atoms with Crippen molar-refractivity contribution in [2.75, 3.05) is 6.54 Å². The zero-order valence-electron chi connectivity index (χ0n) is 31.8. The Hall–Kier alpha value is -4.73. The molecule has 4 saturated carbocycles. The summed E-state index contributed by atoms with van der Waals surface area (Å²) in [7, 11) is -3.93. The Morgan fingerprint density at radius 3 is 2.49 bits per heavy atom. The number of fused-ring (bicyclic) bond motifs is 5. The molecule has 7 atom stereocenters. The average Bonchev–Trinajstić information content (AvgIpc) is 3.97. The summed E-state index contributed by atoms with van der Waals surface area (Å²) in [5, 5.41) is 5.67. The summed E-state index contributed by atoms with van der Waals surface area (Å²) in [5.74, 6) is -3.12. The van der Waals surface area contributed by atoms with Crippen molar-refractivity contribution in [3.05, 3.63) is 65.2 Å². The first-order chi connectivity index (χ1) is 27.4. The number of sulfonamides is 1. The largest absolute Gasteiger partial charge is 0.473 e. The van der Waals surface area contributed by atoms with Crippen molar-refractivity contribution in [3.63, 3.8) is 0 Å². The number of allylic oxidation sites excluding steroid dienone is 2. The van der Waals surface area contributed by atoms with E-state index in [9.17, 15) is 36.8 Å². The summed E-state index contributed by atoms with van der Waals surface area (Å²) >= 11 is 0. The first-order valence-electron chi connectivity index (χ1n) is 20.3. The van der Waals surface area contributed by atoms with Gasteiger partial charge in [0.05, 0.1) is 17.2 Å². The molecule has 16 heteroatoms. The molecule has 306 valence electrons. The van der Waals surface area contributed by atoms with Crippen LogP contribution in [0.1, 0.15) is 83.5 Å². The molecule has 4 amide bonds. The third kappa shape index (κ3) is 7.93. The van der Waals surface area contributed by atoms with Crippen molar-refractivity contribution in [2.45, 2.75) is 125 Å². The standard InChI is InChI=1S/C41H50FN5O9S/c1-2-27-22-41(27,39(51)45-57(53,54)30-16-17-30)44-36(48)32-21-29-23-47(32)38(50)35(25-10-5-6-11-25)43-40(52)56-33-13-8-12-24(33)9-4-3-7-18-46-34(55-29)19-26-14-15-28(42)20-31(26)37(46)49/h2-4,14-15,19-20,24-25,27,29-30,32-33,35H,1,5-13,16-18,21-23H2,(H,43,52)(H,44,48)(H,45,51)/t24-,27-,29-,32+,33-,35+,41-/m1/s1. The first kappa shape index (κ1) is 39.1. The lowest BCUT2D eigenvalue weighted by Gasteiger charge is -2.32. The van der Waals surface area contributed by atoms with E-state index in [1.807, 2.05) is 12.2 Å². The SMILES string of the molecule is C=C[C@@H]1C[C@]1(NC(=O)[C@@H]1C[C@@H]2CN1C(=O)[C@H](C1CCCC1)NC(=O)O[C@@H]1CCC[C@H]1CC=CCCn1c(cc3ccc(F)cc3c1=O)O2)C(=O)NS(=O)(=O)C1CC1. The van der Waals surface area contributed by atoms with Crippen molar-refractivity contribution < 1.29 is 41.5 Å². The van der Waals surface area contributed by atoms with Gasteiger partial charge in [0.1, 0.15) is 35.6 Å². The van der Waals surface area contributed by atoms with Crippen LogP contribution in [0.3, 0.4) is 0 Å². The molecular weight excluding hydrogens is 758 g/mol. The Bertz CT molecular complexity index is 2170. The number of ether oxygens (including phenoxy) is 2. The number of nitrogens with one attached hydrogen (secondary N) is 3. The number of rotatable bonds is 7. The van der Waals surface area contributed by atoms with E-state index in [0.29, 0.717) is 50.3 Å². The highest BCUT2D eigenvalue weighted by Gasteiger charge is 2.62. The zero-order chi connectivity index (χ0) is 40.1. The molecular formula is C41H50FN5O9S. The Labute approximate surface area is 330 Å². The van der Waals surface area contributed by atoms with Gasteiger partial charge >= 0.3 is 6.09 Å². The molecule has 1 aromatic carbocycles. The molecule has 6 aliphatic rings. The minimum atomic E-state index is -3.93. The molecule has 14 nitrogen and oxygen atoms in total. The molecule has 4 aliphatic carbocycles. The van der Waals surface area contributed by atoms with E-state index in [4.69, 9.17) is 9.47 Å². The second-order valence-electron chi connectivity index (χ2n) is 16.6. The van der Waals surface area contributed by atoms with Gasteiger partial charge in [-0.3, -0.25) is 28.5 Å². The molecule has 2 aliphatic heterocycles. The molecule has 0 spiro atoms. The van der Waals surface area contributed by atoms with Crippen LogP contribution < -0.4 is 25.7 Å². The van der Waals surface area contributed by atoms with Crippen molar-refractivity contribution in [1.82, 2.24) is 24.8 Å². The number of hydrogen-bond acceptors (Lipinski definition) is 9. The minimum absolute atomic E-state index is 0.0461. The zero-order valence-corrected chi connectivity index (χ0v) is 32.6. The smallest absolute Gasteiger partial charge is 0.408 e. The van der Waals surface area contributed by atoms with Gasteiger partial charge in [-0.2, -0.15) is 0 Å². The number of pyridine rings is 1. The van der Waals surface area contributed by atoms with Crippen molar-refractivity contribution in [2.24, 2.45) is 17.8 Å². The first-order valence-corrected chi connectivity index (χ1v) is 21.8. The fourth-order valence-corrected chi connectivity index (χ4v) is 10.7. The van der Waals surface area contributed by atoms with Gasteiger partial charge in [-0.25, -0.2) is 17.6 Å². The number of carbonyl (C=O) groups is 4. The van der Waals surface area contributed by atoms with E-state index < -0.39 is 80.1 Å². The summed E-state index contributed by atoms with van der Waals surface area (Å²) < 4.78 is 56.0. The van der Waals surface area contributed by atoms with Gasteiger partial charge in [0.15, 0.2) is 5.88 Å². The van der Waals surface area contributed by atoms with Crippen LogP contribution in [0.2, 0.25) is 0 Å². The Morgan fingerprint density at radius 2 is 1.75 bits per heavy atom. The van der Waals surface area contributed by atoms with Gasteiger partial charge in [0.2, 0.25) is 21.8 Å². The second kappa shape index (κ2) is 15.6. The molecule has 2 aromatic rings. The topological polar surface area (TPSA) is 182 Å². The van der Waals surface area contributed by atoms with Gasteiger partial charge in [-0.05, 0) is 93.6 Å². The molecule has 0 radical (unpaired) electrons. The molecule has 3 N–H and O–H groups in total. The molecule has 5 fully saturated rings. The van der Waals surface area contributed by atoms with Gasteiger partial charge < -0.3 is 25.0 Å². The monoisotopic (exact) mass is 807 g/mol. The van der Waals surface area contributed by atoms with Gasteiger partial charge in [0, 0.05) is 24.9 Å². The van der Waals surface area contributed by atoms with Crippen LogP contribution in [0.5, 0.6) is 5.88 Å². The van der Waals surface area contributed by atoms with E-state index in [1.165, 1.54) is 33.7 Å². The fraction of sp³-hybridized carbons (Fsp3) is 0.585. The van der Waals surface area contributed by atoms with Crippen molar-refractivity contribution in [3.8, 4) is 5.88 Å².